The fourth-order valence-electron chi connectivity index (χ4n) is 1.79. The first kappa shape index (κ1) is 14.8. The van der Waals surface area contributed by atoms with Crippen molar-refractivity contribution in [2.45, 2.75) is 19.6 Å². The maximum atomic E-state index is 12.7. The Morgan fingerprint density at radius 1 is 1.35 bits per heavy atom. The van der Waals surface area contributed by atoms with Gasteiger partial charge in [-0.15, -0.1) is 0 Å². The lowest BCUT2D eigenvalue weighted by atomic mass is 10.0. The number of benzene rings is 1. The molecule has 0 amide bonds. The Labute approximate surface area is 121 Å². The number of hydrogen-bond acceptors (Lipinski definition) is 2. The van der Waals surface area contributed by atoms with Crippen LogP contribution in [0, 0.1) is 0 Å². The summed E-state index contributed by atoms with van der Waals surface area (Å²) in [7, 11) is 0. The highest BCUT2D eigenvalue weighted by Crippen LogP contribution is 2.32. The van der Waals surface area contributed by atoms with E-state index in [1.54, 1.807) is 6.92 Å². The lowest BCUT2D eigenvalue weighted by Crippen LogP contribution is -2.13. The van der Waals surface area contributed by atoms with E-state index in [1.807, 2.05) is 0 Å². The van der Waals surface area contributed by atoms with Gasteiger partial charge in [0.1, 0.15) is 5.69 Å². The molecule has 2 rings (SSSR count). The molecule has 1 aromatic heterocycles. The van der Waals surface area contributed by atoms with Gasteiger partial charge in [0.25, 0.3) is 0 Å². The fourth-order valence-corrected chi connectivity index (χ4v) is 2.22. The molecule has 0 fully saturated rings. The smallest absolute Gasteiger partial charge is 0.287 e. The van der Waals surface area contributed by atoms with E-state index in [1.165, 1.54) is 23.0 Å². The molecule has 7 heteroatoms. The molecule has 0 unspecified atom stereocenters. The van der Waals surface area contributed by atoms with Crippen LogP contribution in [0.5, 0.6) is 0 Å². The Morgan fingerprint density at radius 2 is 2.05 bits per heavy atom. The van der Waals surface area contributed by atoms with Crippen molar-refractivity contribution in [2.75, 3.05) is 0 Å². The minimum absolute atomic E-state index is 0.0324. The summed E-state index contributed by atoms with van der Waals surface area (Å²) in [5.41, 5.74) is -0.630. The summed E-state index contributed by atoms with van der Waals surface area (Å²) in [5.74, 6) is -0.498. The maximum absolute atomic E-state index is 12.7. The molecule has 0 spiro atoms. The first-order valence-electron chi connectivity index (χ1n) is 5.78. The van der Waals surface area contributed by atoms with Crippen LogP contribution in [0.25, 0.3) is 0 Å². The van der Waals surface area contributed by atoms with Crippen LogP contribution in [-0.2, 0) is 12.7 Å². The first-order chi connectivity index (χ1) is 9.34. The highest BCUT2D eigenvalue weighted by molar-refractivity contribution is 9.10. The average Bonchev–Trinajstić information content (AvgIpc) is 2.85. The van der Waals surface area contributed by atoms with Gasteiger partial charge >= 0.3 is 6.18 Å². The van der Waals surface area contributed by atoms with Gasteiger partial charge in [0.2, 0.25) is 5.78 Å². The third kappa shape index (κ3) is 2.77. The maximum Gasteiger partial charge on any atom is 0.416 e. The number of carbonyl (C=O) groups is 1. The van der Waals surface area contributed by atoms with Gasteiger partial charge in [-0.3, -0.25) is 9.48 Å². The predicted octanol–water partition coefficient (Wildman–Crippen LogP) is 3.92. The number of halogens is 4. The van der Waals surface area contributed by atoms with Crippen LogP contribution >= 0.6 is 15.9 Å². The molecule has 0 saturated carbocycles. The molecular weight excluding hydrogens is 337 g/mol. The molecule has 0 aliphatic heterocycles. The third-order valence-corrected chi connectivity index (χ3v) is 3.48. The van der Waals surface area contributed by atoms with Crippen LogP contribution in [0.2, 0.25) is 0 Å². The number of hydrogen-bond donors (Lipinski definition) is 0. The normalized spacial score (nSPS) is 11.7. The lowest BCUT2D eigenvalue weighted by molar-refractivity contribution is -0.137. The Balaban J connectivity index is 2.50. The molecule has 20 heavy (non-hydrogen) atoms. The van der Waals surface area contributed by atoms with E-state index in [0.29, 0.717) is 11.0 Å². The van der Waals surface area contributed by atoms with Crippen molar-refractivity contribution in [3.8, 4) is 0 Å². The van der Waals surface area contributed by atoms with Crippen LogP contribution in [0.1, 0.15) is 28.5 Å². The van der Waals surface area contributed by atoms with Crippen molar-refractivity contribution in [2.24, 2.45) is 0 Å². The number of aryl methyl sites for hydroxylation is 1. The average molecular weight is 347 g/mol. The van der Waals surface area contributed by atoms with Gasteiger partial charge in [0.15, 0.2) is 0 Å². The third-order valence-electron chi connectivity index (χ3n) is 2.79. The minimum Gasteiger partial charge on any atom is -0.287 e. The van der Waals surface area contributed by atoms with E-state index in [-0.39, 0.29) is 11.3 Å². The summed E-state index contributed by atoms with van der Waals surface area (Å²) in [6.45, 7) is 2.26. The van der Waals surface area contributed by atoms with Crippen molar-refractivity contribution < 1.29 is 18.0 Å². The molecule has 0 bridgehead atoms. The van der Waals surface area contributed by atoms with Crippen LogP contribution in [0.3, 0.4) is 0 Å². The van der Waals surface area contributed by atoms with Gasteiger partial charge in [-0.2, -0.15) is 18.3 Å². The van der Waals surface area contributed by atoms with Gasteiger partial charge < -0.3 is 0 Å². The Hall–Kier alpha value is -1.63. The van der Waals surface area contributed by atoms with Gasteiger partial charge in [-0.25, -0.2) is 0 Å². The van der Waals surface area contributed by atoms with Crippen molar-refractivity contribution in [3.05, 3.63) is 51.8 Å². The summed E-state index contributed by atoms with van der Waals surface area (Å²) >= 11 is 3.11. The van der Waals surface area contributed by atoms with Crippen LogP contribution in [0.15, 0.2) is 34.9 Å². The van der Waals surface area contributed by atoms with Gasteiger partial charge in [-0.1, -0.05) is 15.9 Å². The number of nitrogens with zero attached hydrogens (tertiary/aromatic N) is 2. The van der Waals surface area contributed by atoms with E-state index in [4.69, 9.17) is 0 Å². The second-order valence-electron chi connectivity index (χ2n) is 4.05. The predicted molar refractivity (Wildman–Crippen MR) is 70.5 cm³/mol. The van der Waals surface area contributed by atoms with Crippen molar-refractivity contribution in [3.63, 3.8) is 0 Å². The Bertz CT molecular complexity index is 649. The number of ketones is 1. The molecule has 3 nitrogen and oxygen atoms in total. The van der Waals surface area contributed by atoms with E-state index in [9.17, 15) is 18.0 Å². The molecule has 106 valence electrons. The summed E-state index contributed by atoms with van der Waals surface area (Å²) in [5, 5.41) is 3.94. The summed E-state index contributed by atoms with van der Waals surface area (Å²) in [4.78, 5) is 12.3. The number of alkyl halides is 3. The molecule has 0 atom stereocenters. The Morgan fingerprint density at radius 3 is 2.65 bits per heavy atom. The monoisotopic (exact) mass is 346 g/mol. The molecule has 0 aliphatic carbocycles. The van der Waals surface area contributed by atoms with Gasteiger partial charge in [0.05, 0.1) is 5.56 Å². The van der Waals surface area contributed by atoms with Crippen molar-refractivity contribution in [1.29, 1.82) is 0 Å². The second kappa shape index (κ2) is 5.40. The van der Waals surface area contributed by atoms with E-state index >= 15 is 0 Å². The summed E-state index contributed by atoms with van der Waals surface area (Å²) in [6, 6.07) is 4.48. The zero-order chi connectivity index (χ0) is 14.9. The van der Waals surface area contributed by atoms with E-state index < -0.39 is 17.5 Å². The lowest BCUT2D eigenvalue weighted by Gasteiger charge is -2.10. The molecule has 0 aliphatic rings. The molecule has 0 radical (unpaired) electrons. The Kier molecular flexibility index (Phi) is 3.99. The van der Waals surface area contributed by atoms with Crippen LogP contribution in [0.4, 0.5) is 13.2 Å². The number of rotatable bonds is 3. The summed E-state index contributed by atoms with van der Waals surface area (Å²) < 4.78 is 39.9. The first-order valence-corrected chi connectivity index (χ1v) is 6.57. The van der Waals surface area contributed by atoms with Crippen LogP contribution in [-0.4, -0.2) is 15.6 Å². The molecule has 2 aromatic rings. The zero-order valence-electron chi connectivity index (χ0n) is 10.4. The number of carbonyl (C=O) groups excluding carboxylic acids is 1. The van der Waals surface area contributed by atoms with E-state index in [2.05, 4.69) is 21.0 Å². The minimum atomic E-state index is -4.49. The van der Waals surface area contributed by atoms with E-state index in [0.717, 1.165) is 12.1 Å². The standard InChI is InChI=1S/C13H10BrF3N2O/c1-2-19-11(5-6-18-19)12(20)9-7-8(13(15,16)17)3-4-10(9)14/h3-7H,2H2,1H3. The van der Waals surface area contributed by atoms with Gasteiger partial charge in [-0.05, 0) is 31.2 Å². The summed E-state index contributed by atoms with van der Waals surface area (Å²) in [6.07, 6.45) is -3.04. The molecular formula is C13H10BrF3N2O. The van der Waals surface area contributed by atoms with Crippen LogP contribution < -0.4 is 0 Å². The fraction of sp³-hybridized carbons (Fsp3) is 0.231. The largest absolute Gasteiger partial charge is 0.416 e. The molecule has 0 saturated heterocycles. The number of aromatic nitrogens is 2. The topological polar surface area (TPSA) is 34.9 Å². The molecule has 1 aromatic carbocycles. The highest BCUT2D eigenvalue weighted by atomic mass is 79.9. The zero-order valence-corrected chi connectivity index (χ0v) is 12.0. The SMILES string of the molecule is CCn1nccc1C(=O)c1cc(C(F)(F)F)ccc1Br. The quantitative estimate of drug-likeness (QED) is 0.789. The van der Waals surface area contributed by atoms with Crippen molar-refractivity contribution in [1.82, 2.24) is 9.78 Å². The molecule has 0 N–H and O–H groups in total. The van der Waals surface area contributed by atoms with Gasteiger partial charge in [0, 0.05) is 22.8 Å². The second-order valence-corrected chi connectivity index (χ2v) is 4.91. The highest BCUT2D eigenvalue weighted by Gasteiger charge is 2.32. The van der Waals surface area contributed by atoms with Crippen molar-refractivity contribution >= 4 is 21.7 Å². The molecule has 1 heterocycles.